The molecule has 0 saturated carbocycles. The van der Waals surface area contributed by atoms with Gasteiger partial charge < -0.3 is 0 Å². The molecule has 1 aromatic heterocycles. The van der Waals surface area contributed by atoms with E-state index in [0.717, 1.165) is 20.5 Å². The number of benzene rings is 1. The SMILES string of the molecule is Cc1ccc(Br)c(C(=O)Cc2cncs2)c1. The average Bonchev–Trinajstić information content (AvgIpc) is 2.74. The van der Waals surface area contributed by atoms with Gasteiger partial charge in [0.2, 0.25) is 0 Å². The van der Waals surface area contributed by atoms with Crippen molar-refractivity contribution in [3.63, 3.8) is 0 Å². The van der Waals surface area contributed by atoms with Crippen molar-refractivity contribution < 1.29 is 4.79 Å². The quantitative estimate of drug-likeness (QED) is 0.809. The van der Waals surface area contributed by atoms with Crippen molar-refractivity contribution in [1.82, 2.24) is 4.98 Å². The van der Waals surface area contributed by atoms with Crippen LogP contribution in [0.25, 0.3) is 0 Å². The number of aryl methyl sites for hydroxylation is 1. The van der Waals surface area contributed by atoms with Crippen LogP contribution in [0.3, 0.4) is 0 Å². The van der Waals surface area contributed by atoms with Crippen LogP contribution in [0.5, 0.6) is 0 Å². The predicted octanol–water partition coefficient (Wildman–Crippen LogP) is 3.64. The lowest BCUT2D eigenvalue weighted by atomic mass is 10.1. The Hall–Kier alpha value is -1.000. The van der Waals surface area contributed by atoms with Crippen LogP contribution in [0.2, 0.25) is 0 Å². The first kappa shape index (κ1) is 11.5. The van der Waals surface area contributed by atoms with Crippen LogP contribution in [-0.2, 0) is 6.42 Å². The summed E-state index contributed by atoms with van der Waals surface area (Å²) >= 11 is 4.91. The monoisotopic (exact) mass is 295 g/mol. The second-order valence-electron chi connectivity index (χ2n) is 3.55. The number of carbonyl (C=O) groups is 1. The third-order valence-corrected chi connectivity index (χ3v) is 3.71. The van der Waals surface area contributed by atoms with Crippen LogP contribution in [-0.4, -0.2) is 10.8 Å². The summed E-state index contributed by atoms with van der Waals surface area (Å²) in [5.41, 5.74) is 3.58. The van der Waals surface area contributed by atoms with Crippen LogP contribution >= 0.6 is 27.3 Å². The zero-order chi connectivity index (χ0) is 11.5. The molecule has 0 radical (unpaired) electrons. The van der Waals surface area contributed by atoms with Gasteiger partial charge in [-0.2, -0.15) is 0 Å². The molecule has 0 N–H and O–H groups in total. The number of hydrogen-bond acceptors (Lipinski definition) is 3. The van der Waals surface area contributed by atoms with Crippen LogP contribution < -0.4 is 0 Å². The molecule has 0 atom stereocenters. The Kier molecular flexibility index (Phi) is 3.51. The van der Waals surface area contributed by atoms with Gasteiger partial charge in [0.15, 0.2) is 5.78 Å². The minimum atomic E-state index is 0.125. The fraction of sp³-hybridized carbons (Fsp3) is 0.167. The van der Waals surface area contributed by atoms with E-state index in [1.165, 1.54) is 11.3 Å². The zero-order valence-corrected chi connectivity index (χ0v) is 11.1. The third-order valence-electron chi connectivity index (χ3n) is 2.24. The van der Waals surface area contributed by atoms with E-state index in [-0.39, 0.29) is 5.78 Å². The predicted molar refractivity (Wildman–Crippen MR) is 69.0 cm³/mol. The molecule has 2 rings (SSSR count). The fourth-order valence-electron chi connectivity index (χ4n) is 1.44. The van der Waals surface area contributed by atoms with Gasteiger partial charge in [0.25, 0.3) is 0 Å². The summed E-state index contributed by atoms with van der Waals surface area (Å²) in [5.74, 6) is 0.125. The van der Waals surface area contributed by atoms with Gasteiger partial charge in [0, 0.05) is 27.5 Å². The Labute approximate surface area is 106 Å². The average molecular weight is 296 g/mol. The molecule has 16 heavy (non-hydrogen) atoms. The number of thiazole rings is 1. The molecule has 1 heterocycles. The number of rotatable bonds is 3. The van der Waals surface area contributed by atoms with Gasteiger partial charge >= 0.3 is 0 Å². The van der Waals surface area contributed by atoms with Gasteiger partial charge in [-0.1, -0.05) is 27.6 Å². The molecule has 82 valence electrons. The lowest BCUT2D eigenvalue weighted by molar-refractivity contribution is 0.0993. The summed E-state index contributed by atoms with van der Waals surface area (Å²) in [6.07, 6.45) is 2.17. The first-order valence-corrected chi connectivity index (χ1v) is 6.51. The first-order chi connectivity index (χ1) is 7.66. The second-order valence-corrected chi connectivity index (χ2v) is 5.38. The van der Waals surface area contributed by atoms with Crippen molar-refractivity contribution in [2.24, 2.45) is 0 Å². The molecule has 1 aromatic carbocycles. The Balaban J connectivity index is 2.24. The van der Waals surface area contributed by atoms with Crippen molar-refractivity contribution in [1.29, 1.82) is 0 Å². The molecular weight excluding hydrogens is 286 g/mol. The van der Waals surface area contributed by atoms with Crippen LogP contribution in [0.4, 0.5) is 0 Å². The Bertz CT molecular complexity index is 508. The van der Waals surface area contributed by atoms with E-state index >= 15 is 0 Å². The van der Waals surface area contributed by atoms with Crippen molar-refractivity contribution in [2.45, 2.75) is 13.3 Å². The van der Waals surface area contributed by atoms with E-state index in [2.05, 4.69) is 20.9 Å². The molecule has 0 bridgehead atoms. The second kappa shape index (κ2) is 4.89. The smallest absolute Gasteiger partial charge is 0.169 e. The molecular formula is C12H10BrNOS. The maximum absolute atomic E-state index is 12.0. The third kappa shape index (κ3) is 2.57. The first-order valence-electron chi connectivity index (χ1n) is 4.83. The van der Waals surface area contributed by atoms with Gasteiger partial charge in [-0.05, 0) is 19.1 Å². The van der Waals surface area contributed by atoms with E-state index in [1.54, 1.807) is 11.7 Å². The van der Waals surface area contributed by atoms with E-state index in [1.807, 2.05) is 25.1 Å². The molecule has 4 heteroatoms. The minimum absolute atomic E-state index is 0.125. The van der Waals surface area contributed by atoms with Crippen LogP contribution in [0.15, 0.2) is 34.4 Å². The van der Waals surface area contributed by atoms with Gasteiger partial charge in [-0.15, -0.1) is 11.3 Å². The maximum Gasteiger partial charge on any atom is 0.169 e. The van der Waals surface area contributed by atoms with Gasteiger partial charge in [0.1, 0.15) is 0 Å². The number of nitrogens with zero attached hydrogens (tertiary/aromatic N) is 1. The highest BCUT2D eigenvalue weighted by Crippen LogP contribution is 2.20. The lowest BCUT2D eigenvalue weighted by Crippen LogP contribution is -2.03. The van der Waals surface area contributed by atoms with Gasteiger partial charge in [-0.3, -0.25) is 9.78 Å². The molecule has 0 saturated heterocycles. The minimum Gasteiger partial charge on any atom is -0.294 e. The number of carbonyl (C=O) groups excluding carboxylic acids is 1. The van der Waals surface area contributed by atoms with Crippen molar-refractivity contribution in [3.05, 3.63) is 50.4 Å². The fourth-order valence-corrected chi connectivity index (χ4v) is 2.50. The molecule has 0 amide bonds. The van der Waals surface area contributed by atoms with E-state index < -0.39 is 0 Å². The zero-order valence-electron chi connectivity index (χ0n) is 8.74. The highest BCUT2D eigenvalue weighted by Gasteiger charge is 2.11. The summed E-state index contributed by atoms with van der Waals surface area (Å²) < 4.78 is 0.854. The topological polar surface area (TPSA) is 30.0 Å². The number of ketones is 1. The summed E-state index contributed by atoms with van der Waals surface area (Å²) in [6.45, 7) is 1.98. The van der Waals surface area contributed by atoms with E-state index in [4.69, 9.17) is 0 Å². The van der Waals surface area contributed by atoms with Gasteiger partial charge in [-0.25, -0.2) is 0 Å². The van der Waals surface area contributed by atoms with Gasteiger partial charge in [0.05, 0.1) is 5.51 Å². The Morgan fingerprint density at radius 1 is 1.50 bits per heavy atom. The van der Waals surface area contributed by atoms with Crippen molar-refractivity contribution >= 4 is 33.0 Å². The standard InChI is InChI=1S/C12H10BrNOS/c1-8-2-3-11(13)10(4-8)12(15)5-9-6-14-7-16-9/h2-4,6-7H,5H2,1H3. The highest BCUT2D eigenvalue weighted by atomic mass is 79.9. The molecule has 2 nitrogen and oxygen atoms in total. The Morgan fingerprint density at radius 2 is 2.31 bits per heavy atom. The van der Waals surface area contributed by atoms with Crippen molar-refractivity contribution in [2.75, 3.05) is 0 Å². The van der Waals surface area contributed by atoms with Crippen LogP contribution in [0, 0.1) is 6.92 Å². The number of hydrogen-bond donors (Lipinski definition) is 0. The lowest BCUT2D eigenvalue weighted by Gasteiger charge is -2.03. The largest absolute Gasteiger partial charge is 0.294 e. The number of halogens is 1. The van der Waals surface area contributed by atoms with E-state index in [0.29, 0.717) is 6.42 Å². The molecule has 0 fully saturated rings. The van der Waals surface area contributed by atoms with Crippen molar-refractivity contribution in [3.8, 4) is 0 Å². The maximum atomic E-state index is 12.0. The highest BCUT2D eigenvalue weighted by molar-refractivity contribution is 9.10. The summed E-state index contributed by atoms with van der Waals surface area (Å²) in [6, 6.07) is 5.80. The molecule has 0 spiro atoms. The summed E-state index contributed by atoms with van der Waals surface area (Å²) in [7, 11) is 0. The molecule has 2 aromatic rings. The summed E-state index contributed by atoms with van der Waals surface area (Å²) in [5, 5.41) is 0. The van der Waals surface area contributed by atoms with E-state index in [9.17, 15) is 4.79 Å². The molecule has 0 aliphatic rings. The molecule has 0 unspecified atom stereocenters. The molecule has 0 aliphatic heterocycles. The Morgan fingerprint density at radius 3 is 3.00 bits per heavy atom. The van der Waals surface area contributed by atoms with Crippen LogP contribution in [0.1, 0.15) is 20.8 Å². The number of Topliss-reactive ketones (excluding diaryl/α,β-unsaturated/α-hetero) is 1. The normalized spacial score (nSPS) is 10.4. The number of aromatic nitrogens is 1. The summed E-state index contributed by atoms with van der Waals surface area (Å²) in [4.78, 5) is 17.0. The molecule has 0 aliphatic carbocycles.